The second kappa shape index (κ2) is 6.60. The summed E-state index contributed by atoms with van der Waals surface area (Å²) in [6.07, 6.45) is 2.56. The van der Waals surface area contributed by atoms with Gasteiger partial charge in [0.2, 0.25) is 18.6 Å². The fourth-order valence-corrected chi connectivity index (χ4v) is 2.48. The van der Waals surface area contributed by atoms with E-state index in [4.69, 9.17) is 9.47 Å². The van der Waals surface area contributed by atoms with Crippen molar-refractivity contribution in [2.45, 2.75) is 12.8 Å². The molecule has 8 nitrogen and oxygen atoms in total. The van der Waals surface area contributed by atoms with Crippen LogP contribution in [0.5, 0.6) is 11.5 Å². The van der Waals surface area contributed by atoms with Crippen molar-refractivity contribution in [1.82, 2.24) is 20.2 Å². The van der Waals surface area contributed by atoms with E-state index in [0.717, 1.165) is 11.3 Å². The minimum absolute atomic E-state index is 0.163. The molecule has 1 aliphatic rings. The highest BCUT2D eigenvalue weighted by Gasteiger charge is 2.14. The number of H-pyrrole nitrogens is 1. The van der Waals surface area contributed by atoms with E-state index in [0.29, 0.717) is 30.1 Å². The van der Waals surface area contributed by atoms with Crippen molar-refractivity contribution < 1.29 is 14.3 Å². The zero-order chi connectivity index (χ0) is 17.1. The van der Waals surface area contributed by atoms with E-state index in [-0.39, 0.29) is 18.6 Å². The number of ether oxygens (including phenoxy) is 2. The highest BCUT2D eigenvalue weighted by Crippen LogP contribution is 2.32. The summed E-state index contributed by atoms with van der Waals surface area (Å²) in [4.78, 5) is 20.5. The van der Waals surface area contributed by atoms with E-state index < -0.39 is 0 Å². The molecule has 25 heavy (non-hydrogen) atoms. The Balaban J connectivity index is 1.34. The Morgan fingerprint density at radius 1 is 1.20 bits per heavy atom. The topological polar surface area (TPSA) is 102 Å². The first-order valence-corrected chi connectivity index (χ1v) is 7.80. The van der Waals surface area contributed by atoms with Crippen LogP contribution in [0.1, 0.15) is 12.0 Å². The Morgan fingerprint density at radius 3 is 3.00 bits per heavy atom. The molecular weight excluding hydrogens is 322 g/mol. The van der Waals surface area contributed by atoms with Crippen LogP contribution < -0.4 is 14.8 Å². The van der Waals surface area contributed by atoms with Crippen molar-refractivity contribution in [3.8, 4) is 23.0 Å². The molecule has 0 atom stereocenters. The van der Waals surface area contributed by atoms with Crippen LogP contribution in [0, 0.1) is 0 Å². The number of hydrogen-bond acceptors (Lipinski definition) is 6. The molecule has 1 aliphatic heterocycles. The van der Waals surface area contributed by atoms with Gasteiger partial charge in [0.1, 0.15) is 5.69 Å². The van der Waals surface area contributed by atoms with Gasteiger partial charge in [-0.25, -0.2) is 0 Å². The molecule has 3 aromatic rings. The molecule has 0 spiro atoms. The number of anilines is 1. The molecule has 2 aromatic heterocycles. The molecule has 0 saturated heterocycles. The summed E-state index contributed by atoms with van der Waals surface area (Å²) in [7, 11) is 0. The fraction of sp³-hybridized carbons (Fsp3) is 0.176. The van der Waals surface area contributed by atoms with Crippen LogP contribution in [-0.2, 0) is 11.2 Å². The molecule has 0 bridgehead atoms. The third kappa shape index (κ3) is 3.42. The second-order valence-corrected chi connectivity index (χ2v) is 5.46. The number of hydrogen-bond donors (Lipinski definition) is 2. The number of carbonyl (C=O) groups excluding carboxylic acids is 1. The van der Waals surface area contributed by atoms with Crippen LogP contribution in [0.25, 0.3) is 11.5 Å². The van der Waals surface area contributed by atoms with Crippen LogP contribution in [0.15, 0.2) is 42.6 Å². The predicted molar refractivity (Wildman–Crippen MR) is 89.1 cm³/mol. The molecular formula is C17H15N5O3. The standard InChI is InChI=1S/C17H15N5O3/c23-15(7-5-11-4-6-13-14(9-11)25-10-24-13)19-17-20-16(21-22-17)12-3-1-2-8-18-12/h1-4,6,8-9H,5,7,10H2,(H2,19,20,21,22,23). The molecule has 3 heterocycles. The maximum atomic E-state index is 12.1. The third-order valence-electron chi connectivity index (χ3n) is 3.72. The van der Waals surface area contributed by atoms with Gasteiger partial charge in [-0.15, -0.1) is 5.10 Å². The summed E-state index contributed by atoms with van der Waals surface area (Å²) in [6, 6.07) is 11.2. The lowest BCUT2D eigenvalue weighted by Gasteiger charge is -2.03. The lowest BCUT2D eigenvalue weighted by Crippen LogP contribution is -2.13. The van der Waals surface area contributed by atoms with E-state index in [1.807, 2.05) is 36.4 Å². The number of nitrogens with one attached hydrogen (secondary N) is 2. The number of amides is 1. The van der Waals surface area contributed by atoms with Crippen molar-refractivity contribution in [2.24, 2.45) is 0 Å². The van der Waals surface area contributed by atoms with Crippen molar-refractivity contribution in [2.75, 3.05) is 12.1 Å². The first-order chi connectivity index (χ1) is 12.3. The van der Waals surface area contributed by atoms with Gasteiger partial charge >= 0.3 is 0 Å². The SMILES string of the molecule is O=C(CCc1ccc2c(c1)OCO2)Nc1n[nH]c(-c2ccccn2)n1. The normalized spacial score (nSPS) is 12.2. The molecule has 0 aliphatic carbocycles. The van der Waals surface area contributed by atoms with Crippen molar-refractivity contribution >= 4 is 11.9 Å². The number of fused-ring (bicyclic) bond motifs is 1. The van der Waals surface area contributed by atoms with Crippen LogP contribution >= 0.6 is 0 Å². The Bertz CT molecular complexity index is 894. The highest BCUT2D eigenvalue weighted by molar-refractivity contribution is 5.89. The highest BCUT2D eigenvalue weighted by atomic mass is 16.7. The summed E-state index contributed by atoms with van der Waals surface area (Å²) in [5.41, 5.74) is 1.67. The Hall–Kier alpha value is -3.42. The molecule has 126 valence electrons. The van der Waals surface area contributed by atoms with Crippen molar-refractivity contribution in [1.29, 1.82) is 0 Å². The molecule has 0 saturated carbocycles. The third-order valence-corrected chi connectivity index (χ3v) is 3.72. The Labute approximate surface area is 143 Å². The lowest BCUT2D eigenvalue weighted by molar-refractivity contribution is -0.116. The zero-order valence-electron chi connectivity index (χ0n) is 13.2. The number of aromatic nitrogens is 4. The lowest BCUT2D eigenvalue weighted by atomic mass is 10.1. The van der Waals surface area contributed by atoms with Gasteiger partial charge in [0, 0.05) is 12.6 Å². The number of aryl methyl sites for hydroxylation is 1. The van der Waals surface area contributed by atoms with Gasteiger partial charge in [-0.2, -0.15) is 4.98 Å². The molecule has 0 fully saturated rings. The number of benzene rings is 1. The molecule has 2 N–H and O–H groups in total. The van der Waals surface area contributed by atoms with Crippen LogP contribution in [-0.4, -0.2) is 32.9 Å². The Morgan fingerprint density at radius 2 is 2.12 bits per heavy atom. The van der Waals surface area contributed by atoms with Gasteiger partial charge in [0.15, 0.2) is 17.3 Å². The molecule has 1 amide bonds. The molecule has 0 unspecified atom stereocenters. The van der Waals surface area contributed by atoms with E-state index in [1.165, 1.54) is 0 Å². The monoisotopic (exact) mass is 337 g/mol. The average Bonchev–Trinajstić information content (AvgIpc) is 3.29. The van der Waals surface area contributed by atoms with Crippen molar-refractivity contribution in [3.63, 3.8) is 0 Å². The summed E-state index contributed by atoms with van der Waals surface area (Å²) in [5, 5.41) is 9.43. The van der Waals surface area contributed by atoms with Crippen LogP contribution in [0.4, 0.5) is 5.95 Å². The second-order valence-electron chi connectivity index (χ2n) is 5.46. The zero-order valence-corrected chi connectivity index (χ0v) is 13.2. The average molecular weight is 337 g/mol. The first-order valence-electron chi connectivity index (χ1n) is 7.80. The Kier molecular flexibility index (Phi) is 3.99. The maximum Gasteiger partial charge on any atom is 0.249 e. The summed E-state index contributed by atoms with van der Waals surface area (Å²) < 4.78 is 10.6. The van der Waals surface area contributed by atoms with Gasteiger partial charge in [-0.05, 0) is 36.2 Å². The summed E-state index contributed by atoms with van der Waals surface area (Å²) in [5.74, 6) is 2.02. The predicted octanol–water partition coefficient (Wildman–Crippen LogP) is 2.17. The number of carbonyl (C=O) groups is 1. The van der Waals surface area contributed by atoms with E-state index in [9.17, 15) is 4.79 Å². The minimum atomic E-state index is -0.163. The number of rotatable bonds is 5. The van der Waals surface area contributed by atoms with Crippen molar-refractivity contribution in [3.05, 3.63) is 48.2 Å². The maximum absolute atomic E-state index is 12.1. The van der Waals surface area contributed by atoms with E-state index >= 15 is 0 Å². The van der Waals surface area contributed by atoms with E-state index in [2.05, 4.69) is 25.5 Å². The molecule has 1 aromatic carbocycles. The molecule has 0 radical (unpaired) electrons. The number of nitrogens with zero attached hydrogens (tertiary/aromatic N) is 3. The van der Waals surface area contributed by atoms with Gasteiger partial charge in [0.25, 0.3) is 0 Å². The summed E-state index contributed by atoms with van der Waals surface area (Å²) >= 11 is 0. The van der Waals surface area contributed by atoms with E-state index in [1.54, 1.807) is 6.20 Å². The van der Waals surface area contributed by atoms with Crippen LogP contribution in [0.3, 0.4) is 0 Å². The van der Waals surface area contributed by atoms with Gasteiger partial charge in [0.05, 0.1) is 0 Å². The van der Waals surface area contributed by atoms with Gasteiger partial charge < -0.3 is 9.47 Å². The molecule has 4 rings (SSSR count). The van der Waals surface area contributed by atoms with Gasteiger partial charge in [-0.3, -0.25) is 20.2 Å². The van der Waals surface area contributed by atoms with Gasteiger partial charge in [-0.1, -0.05) is 12.1 Å². The number of aromatic amines is 1. The minimum Gasteiger partial charge on any atom is -0.454 e. The largest absolute Gasteiger partial charge is 0.454 e. The summed E-state index contributed by atoms with van der Waals surface area (Å²) in [6.45, 7) is 0.239. The fourth-order valence-electron chi connectivity index (χ4n) is 2.48. The quantitative estimate of drug-likeness (QED) is 0.740. The first kappa shape index (κ1) is 15.1. The van der Waals surface area contributed by atoms with Crippen LogP contribution in [0.2, 0.25) is 0 Å². The molecule has 8 heteroatoms. The number of pyridine rings is 1. The smallest absolute Gasteiger partial charge is 0.249 e.